The molecule has 2 aromatic carbocycles. The van der Waals surface area contributed by atoms with E-state index in [-0.39, 0.29) is 5.56 Å². The molecule has 7 heteroatoms. The van der Waals surface area contributed by atoms with Crippen molar-refractivity contribution in [1.82, 2.24) is 23.1 Å². The van der Waals surface area contributed by atoms with E-state index < -0.39 is 5.69 Å². The minimum absolute atomic E-state index is 0.365. The predicted octanol–water partition coefficient (Wildman–Crippen LogP) is 2.65. The van der Waals surface area contributed by atoms with Gasteiger partial charge >= 0.3 is 5.69 Å². The molecule has 0 aliphatic rings. The summed E-state index contributed by atoms with van der Waals surface area (Å²) in [6.45, 7) is 2.05. The molecule has 0 amide bonds. The van der Waals surface area contributed by atoms with Crippen LogP contribution in [0.2, 0.25) is 0 Å². The van der Waals surface area contributed by atoms with Gasteiger partial charge in [0.1, 0.15) is 0 Å². The molecule has 5 aromatic rings. The number of hydrogen-bond acceptors (Lipinski definition) is 3. The Morgan fingerprint density at radius 2 is 1.55 bits per heavy atom. The van der Waals surface area contributed by atoms with Gasteiger partial charge in [-0.1, -0.05) is 48.0 Å². The van der Waals surface area contributed by atoms with E-state index in [2.05, 4.69) is 24.3 Å². The molecule has 0 unspecified atom stereocenters. The summed E-state index contributed by atoms with van der Waals surface area (Å²) >= 11 is 0. The third-order valence-electron chi connectivity index (χ3n) is 5.33. The molecule has 0 saturated heterocycles. The first-order chi connectivity index (χ1) is 14.0. The molecule has 29 heavy (non-hydrogen) atoms. The Bertz CT molecular complexity index is 1500. The molecule has 0 atom stereocenters. The Labute approximate surface area is 165 Å². The number of aryl methyl sites for hydroxylation is 2. The van der Waals surface area contributed by atoms with Crippen LogP contribution in [0.15, 0.2) is 70.4 Å². The minimum atomic E-state index is -0.395. The van der Waals surface area contributed by atoms with E-state index in [1.165, 1.54) is 17.2 Å². The largest absolute Gasteiger partial charge is 0.332 e. The molecule has 0 bridgehead atoms. The van der Waals surface area contributed by atoms with Gasteiger partial charge in [-0.3, -0.25) is 22.9 Å². The van der Waals surface area contributed by atoms with Crippen LogP contribution in [0.25, 0.3) is 33.9 Å². The topological polar surface area (TPSA) is 66.2 Å². The van der Waals surface area contributed by atoms with Crippen LogP contribution in [-0.2, 0) is 14.1 Å². The second-order valence-corrected chi connectivity index (χ2v) is 7.21. The molecular formula is C22H19N5O2. The third kappa shape index (κ3) is 2.40. The monoisotopic (exact) mass is 385 g/mol. The highest BCUT2D eigenvalue weighted by Crippen LogP contribution is 2.28. The van der Waals surface area contributed by atoms with Gasteiger partial charge in [-0.15, -0.1) is 0 Å². The maximum absolute atomic E-state index is 12.9. The summed E-state index contributed by atoms with van der Waals surface area (Å²) in [5, 5.41) is 0. The standard InChI is InChI=1S/C22H19N5O2/c1-14-9-11-15(12-10-14)17-13-26-18-19(24(2)22(29)25(3)20(18)28)23-21(26)27(17)16-7-5-4-6-8-16/h4-13H,1-3H3. The number of hydrogen-bond donors (Lipinski definition) is 0. The van der Waals surface area contributed by atoms with Crippen LogP contribution in [0, 0.1) is 6.92 Å². The second-order valence-electron chi connectivity index (χ2n) is 7.21. The van der Waals surface area contributed by atoms with Crippen molar-refractivity contribution >= 4 is 16.9 Å². The highest BCUT2D eigenvalue weighted by atomic mass is 16.2. The van der Waals surface area contributed by atoms with E-state index in [1.807, 2.05) is 48.0 Å². The predicted molar refractivity (Wildman–Crippen MR) is 113 cm³/mol. The zero-order valence-corrected chi connectivity index (χ0v) is 16.3. The molecule has 3 aromatic heterocycles. The average Bonchev–Trinajstić information content (AvgIpc) is 3.28. The zero-order valence-electron chi connectivity index (χ0n) is 16.3. The summed E-state index contributed by atoms with van der Waals surface area (Å²) in [6.07, 6.45) is 1.91. The van der Waals surface area contributed by atoms with Crippen molar-refractivity contribution in [2.45, 2.75) is 6.92 Å². The quantitative estimate of drug-likeness (QED) is 0.469. The Morgan fingerprint density at radius 3 is 2.24 bits per heavy atom. The van der Waals surface area contributed by atoms with Crippen molar-refractivity contribution in [3.63, 3.8) is 0 Å². The van der Waals surface area contributed by atoms with Crippen LogP contribution in [0.5, 0.6) is 0 Å². The summed E-state index contributed by atoms with van der Waals surface area (Å²) in [5.74, 6) is 0.583. The van der Waals surface area contributed by atoms with Crippen molar-refractivity contribution in [1.29, 1.82) is 0 Å². The third-order valence-corrected chi connectivity index (χ3v) is 5.33. The number of nitrogens with zero attached hydrogens (tertiary/aromatic N) is 5. The van der Waals surface area contributed by atoms with Gasteiger partial charge in [-0.05, 0) is 19.1 Å². The van der Waals surface area contributed by atoms with Gasteiger partial charge in [0.05, 0.1) is 5.69 Å². The maximum atomic E-state index is 12.9. The van der Waals surface area contributed by atoms with E-state index in [9.17, 15) is 9.59 Å². The first-order valence-corrected chi connectivity index (χ1v) is 9.29. The minimum Gasteiger partial charge on any atom is -0.279 e. The molecule has 0 aliphatic carbocycles. The number of rotatable bonds is 2. The Balaban J connectivity index is 1.97. The fraction of sp³-hybridized carbons (Fsp3) is 0.136. The highest BCUT2D eigenvalue weighted by molar-refractivity contribution is 5.79. The van der Waals surface area contributed by atoms with Crippen molar-refractivity contribution in [3.8, 4) is 16.9 Å². The lowest BCUT2D eigenvalue weighted by molar-refractivity contribution is 0.708. The van der Waals surface area contributed by atoms with Crippen LogP contribution >= 0.6 is 0 Å². The summed E-state index contributed by atoms with van der Waals surface area (Å²) in [6, 6.07) is 18.1. The summed E-state index contributed by atoms with van der Waals surface area (Å²) in [4.78, 5) is 29.9. The smallest absolute Gasteiger partial charge is 0.279 e. The van der Waals surface area contributed by atoms with Crippen LogP contribution in [-0.4, -0.2) is 23.1 Å². The SMILES string of the molecule is Cc1ccc(-c2cn3c4c(=O)n(C)c(=O)n(C)c4nc3n2-c2ccccc2)cc1. The van der Waals surface area contributed by atoms with E-state index in [4.69, 9.17) is 4.98 Å². The van der Waals surface area contributed by atoms with Crippen molar-refractivity contribution in [2.24, 2.45) is 14.1 Å². The molecule has 0 N–H and O–H groups in total. The molecule has 0 saturated carbocycles. The van der Waals surface area contributed by atoms with Crippen LogP contribution in [0.3, 0.4) is 0 Å². The van der Waals surface area contributed by atoms with Gasteiger partial charge in [0.15, 0.2) is 11.2 Å². The van der Waals surface area contributed by atoms with Crippen LogP contribution in [0.1, 0.15) is 5.56 Å². The molecule has 0 radical (unpaired) electrons. The molecule has 5 rings (SSSR count). The van der Waals surface area contributed by atoms with Crippen LogP contribution in [0.4, 0.5) is 0 Å². The van der Waals surface area contributed by atoms with Gasteiger partial charge in [0.25, 0.3) is 5.56 Å². The normalized spacial score (nSPS) is 11.6. The lowest BCUT2D eigenvalue weighted by Gasteiger charge is -2.09. The zero-order chi connectivity index (χ0) is 20.3. The van der Waals surface area contributed by atoms with E-state index in [0.717, 1.165) is 21.5 Å². The van der Waals surface area contributed by atoms with Gasteiger partial charge < -0.3 is 0 Å². The van der Waals surface area contributed by atoms with Gasteiger partial charge in [0.2, 0.25) is 5.78 Å². The van der Waals surface area contributed by atoms with Gasteiger partial charge in [0, 0.05) is 31.5 Å². The number of aromatic nitrogens is 5. The number of benzene rings is 2. The Kier molecular flexibility index (Phi) is 3.61. The van der Waals surface area contributed by atoms with E-state index >= 15 is 0 Å². The van der Waals surface area contributed by atoms with Crippen molar-refractivity contribution in [2.75, 3.05) is 0 Å². The molecule has 3 heterocycles. The summed E-state index contributed by atoms with van der Waals surface area (Å²) < 4.78 is 6.31. The molecule has 0 aliphatic heterocycles. The van der Waals surface area contributed by atoms with Gasteiger partial charge in [-0.25, -0.2) is 4.79 Å². The molecular weight excluding hydrogens is 366 g/mol. The number of imidazole rings is 2. The second kappa shape index (κ2) is 6.07. The first kappa shape index (κ1) is 17.2. The molecule has 7 nitrogen and oxygen atoms in total. The molecule has 0 fully saturated rings. The van der Waals surface area contributed by atoms with Gasteiger partial charge in [-0.2, -0.15) is 4.98 Å². The highest BCUT2D eigenvalue weighted by Gasteiger charge is 2.21. The Hall–Kier alpha value is -3.87. The van der Waals surface area contributed by atoms with E-state index in [0.29, 0.717) is 16.9 Å². The first-order valence-electron chi connectivity index (χ1n) is 9.29. The molecule has 144 valence electrons. The maximum Gasteiger partial charge on any atom is 0.332 e. The van der Waals surface area contributed by atoms with Crippen molar-refractivity contribution < 1.29 is 0 Å². The fourth-order valence-corrected chi connectivity index (χ4v) is 3.73. The number of para-hydroxylation sites is 1. The lowest BCUT2D eigenvalue weighted by atomic mass is 10.1. The van der Waals surface area contributed by atoms with Crippen molar-refractivity contribution in [3.05, 3.63) is 87.2 Å². The average molecular weight is 385 g/mol. The number of fused-ring (bicyclic) bond motifs is 3. The lowest BCUT2D eigenvalue weighted by Crippen LogP contribution is -2.37. The Morgan fingerprint density at radius 1 is 0.862 bits per heavy atom. The summed E-state index contributed by atoms with van der Waals surface area (Å²) in [5.41, 5.74) is 4.02. The van der Waals surface area contributed by atoms with Crippen LogP contribution < -0.4 is 11.2 Å². The fourth-order valence-electron chi connectivity index (χ4n) is 3.73. The molecule has 0 spiro atoms. The van der Waals surface area contributed by atoms with E-state index in [1.54, 1.807) is 11.4 Å². The summed E-state index contributed by atoms with van der Waals surface area (Å²) in [7, 11) is 3.11.